The van der Waals surface area contributed by atoms with Crippen molar-refractivity contribution in [2.75, 3.05) is 25.0 Å². The van der Waals surface area contributed by atoms with Gasteiger partial charge in [-0.05, 0) is 30.3 Å². The second kappa shape index (κ2) is 9.31. The normalized spacial score (nSPS) is 11.2. The number of benzene rings is 3. The molecule has 170 valence electrons. The van der Waals surface area contributed by atoms with Crippen LogP contribution < -0.4 is 20.3 Å². The van der Waals surface area contributed by atoms with E-state index in [-0.39, 0.29) is 16.3 Å². The van der Waals surface area contributed by atoms with Crippen LogP contribution in [0.5, 0.6) is 11.5 Å². The van der Waals surface area contributed by atoms with E-state index < -0.39 is 15.6 Å². The van der Waals surface area contributed by atoms with E-state index in [0.29, 0.717) is 34.0 Å². The van der Waals surface area contributed by atoms with Gasteiger partial charge in [-0.25, -0.2) is 18.4 Å². The van der Waals surface area contributed by atoms with Gasteiger partial charge in [0.15, 0.2) is 15.7 Å². The number of fused-ring (bicyclic) bond motifs is 1. The number of aromatic nitrogens is 2. The molecule has 0 aliphatic carbocycles. The third kappa shape index (κ3) is 4.97. The summed E-state index contributed by atoms with van der Waals surface area (Å²) < 4.78 is 37.0. The lowest BCUT2D eigenvalue weighted by atomic mass is 10.2. The van der Waals surface area contributed by atoms with Crippen LogP contribution in [0.2, 0.25) is 0 Å². The lowest BCUT2D eigenvalue weighted by Crippen LogP contribution is -2.11. The summed E-state index contributed by atoms with van der Waals surface area (Å²) in [6.07, 6.45) is 0. The summed E-state index contributed by atoms with van der Waals surface area (Å²) in [4.78, 5) is 9.25. The van der Waals surface area contributed by atoms with Crippen molar-refractivity contribution in [1.29, 1.82) is 0 Å². The molecule has 0 aliphatic rings. The molecule has 4 rings (SSSR count). The Morgan fingerprint density at radius 3 is 2.15 bits per heavy atom. The molecule has 3 aromatic carbocycles. The molecule has 0 saturated heterocycles. The molecule has 3 N–H and O–H groups in total. The first kappa shape index (κ1) is 22.3. The van der Waals surface area contributed by atoms with Crippen molar-refractivity contribution in [3.05, 3.63) is 72.4 Å². The van der Waals surface area contributed by atoms with Crippen molar-refractivity contribution < 1.29 is 23.1 Å². The average molecular weight is 467 g/mol. The average Bonchev–Trinajstić information content (AvgIpc) is 2.84. The van der Waals surface area contributed by atoms with Gasteiger partial charge in [-0.2, -0.15) is 0 Å². The maximum Gasteiger partial charge on any atom is 0.184 e. The first-order valence-electron chi connectivity index (χ1n) is 9.90. The summed E-state index contributed by atoms with van der Waals surface area (Å²) in [5.41, 5.74) is 4.26. The smallest absolute Gasteiger partial charge is 0.184 e. The largest absolute Gasteiger partial charge is 0.497 e. The fourth-order valence-electron chi connectivity index (χ4n) is 3.28. The van der Waals surface area contributed by atoms with Crippen molar-refractivity contribution in [2.24, 2.45) is 0 Å². The Hall–Kier alpha value is -3.89. The number of hydrogen-bond acceptors (Lipinski definition) is 9. The highest BCUT2D eigenvalue weighted by atomic mass is 32.2. The van der Waals surface area contributed by atoms with Gasteiger partial charge < -0.3 is 14.8 Å². The first-order valence-corrected chi connectivity index (χ1v) is 11.6. The first-order chi connectivity index (χ1) is 15.9. The third-order valence-electron chi connectivity index (χ3n) is 4.91. The molecule has 4 aromatic rings. The van der Waals surface area contributed by atoms with E-state index >= 15 is 0 Å². The summed E-state index contributed by atoms with van der Waals surface area (Å²) in [5.74, 6) is 1.02. The van der Waals surface area contributed by atoms with Crippen LogP contribution in [0.25, 0.3) is 11.0 Å². The number of nitrogens with one attached hydrogen (secondary N) is 2. The molecular formula is C23H22N4O5S. The van der Waals surface area contributed by atoms with Gasteiger partial charge >= 0.3 is 0 Å². The van der Waals surface area contributed by atoms with Crippen LogP contribution >= 0.6 is 0 Å². The molecule has 10 heteroatoms. The molecule has 0 atom stereocenters. The summed E-state index contributed by atoms with van der Waals surface area (Å²) in [5, 5.41) is 12.3. The Morgan fingerprint density at radius 1 is 0.848 bits per heavy atom. The fourth-order valence-corrected chi connectivity index (χ4v) is 4.60. The molecule has 9 nitrogen and oxygen atoms in total. The number of ether oxygens (including phenoxy) is 2. The van der Waals surface area contributed by atoms with Crippen molar-refractivity contribution >= 4 is 38.1 Å². The van der Waals surface area contributed by atoms with Gasteiger partial charge in [0.25, 0.3) is 0 Å². The van der Waals surface area contributed by atoms with Crippen LogP contribution in [0.15, 0.2) is 71.6 Å². The molecule has 0 fully saturated rings. The third-order valence-corrected chi connectivity index (χ3v) is 6.53. The zero-order valence-corrected chi connectivity index (χ0v) is 18.8. The Balaban J connectivity index is 1.78. The minimum absolute atomic E-state index is 0.0468. The van der Waals surface area contributed by atoms with Crippen LogP contribution in [-0.2, 0) is 15.6 Å². The minimum atomic E-state index is -3.80. The zero-order valence-electron chi connectivity index (χ0n) is 17.9. The quantitative estimate of drug-likeness (QED) is 0.328. The molecule has 1 aromatic heterocycles. The van der Waals surface area contributed by atoms with Gasteiger partial charge in [0.05, 0.1) is 41.5 Å². The molecule has 0 saturated carbocycles. The zero-order chi connectivity index (χ0) is 23.4. The highest BCUT2D eigenvalue weighted by Crippen LogP contribution is 2.30. The Kier molecular flexibility index (Phi) is 6.29. The lowest BCUT2D eigenvalue weighted by molar-refractivity contribution is 0.388. The maximum absolute atomic E-state index is 13.2. The van der Waals surface area contributed by atoms with E-state index in [1.165, 1.54) is 12.1 Å². The molecule has 0 spiro atoms. The summed E-state index contributed by atoms with van der Waals surface area (Å²) in [6, 6.07) is 18.3. The number of anilines is 3. The van der Waals surface area contributed by atoms with Crippen molar-refractivity contribution in [1.82, 2.24) is 9.97 Å². The Morgan fingerprint density at radius 2 is 1.52 bits per heavy atom. The van der Waals surface area contributed by atoms with Crippen LogP contribution in [-0.4, -0.2) is 37.8 Å². The van der Waals surface area contributed by atoms with Crippen molar-refractivity contribution in [2.45, 2.75) is 10.6 Å². The summed E-state index contributed by atoms with van der Waals surface area (Å²) in [7, 11) is -0.711. The number of hydrogen-bond donors (Lipinski definition) is 3. The van der Waals surface area contributed by atoms with Crippen molar-refractivity contribution in [3.8, 4) is 11.5 Å². The second-order valence-electron chi connectivity index (χ2n) is 7.13. The fraction of sp³-hybridized carbons (Fsp3) is 0.130. The Labute approximate surface area is 190 Å². The van der Waals surface area contributed by atoms with E-state index in [9.17, 15) is 8.42 Å². The Bertz CT molecular complexity index is 1390. The standard InChI is InChI=1S/C23H22N4O5S/c1-31-17-10-16(11-18(13-17)32-2)24-23-22(25-20-8-3-4-9-21(20)26-23)14-33(29,30)19-7-5-6-15(12-19)27-28/h3-13,27-28H,14H2,1-2H3,(H,24,26). The van der Waals surface area contributed by atoms with Crippen LogP contribution in [0.4, 0.5) is 17.2 Å². The van der Waals surface area contributed by atoms with Crippen LogP contribution in [0.1, 0.15) is 5.69 Å². The number of methoxy groups -OCH3 is 2. The van der Waals surface area contributed by atoms with Gasteiger partial charge in [-0.1, -0.05) is 18.2 Å². The molecular weight excluding hydrogens is 444 g/mol. The molecule has 0 unspecified atom stereocenters. The molecule has 33 heavy (non-hydrogen) atoms. The molecule has 1 heterocycles. The minimum Gasteiger partial charge on any atom is -0.497 e. The van der Waals surface area contributed by atoms with Gasteiger partial charge in [0, 0.05) is 23.9 Å². The predicted molar refractivity (Wildman–Crippen MR) is 125 cm³/mol. The van der Waals surface area contributed by atoms with Gasteiger partial charge in [0.1, 0.15) is 17.3 Å². The molecule has 0 bridgehead atoms. The number of sulfone groups is 1. The number of para-hydroxylation sites is 2. The summed E-state index contributed by atoms with van der Waals surface area (Å²) >= 11 is 0. The monoisotopic (exact) mass is 466 g/mol. The predicted octanol–water partition coefficient (Wildman–Crippen LogP) is 4.17. The van der Waals surface area contributed by atoms with E-state index in [2.05, 4.69) is 15.3 Å². The van der Waals surface area contributed by atoms with E-state index in [0.717, 1.165) is 0 Å². The molecule has 0 aliphatic heterocycles. The molecule has 0 radical (unpaired) electrons. The number of rotatable bonds is 8. The van der Waals surface area contributed by atoms with Crippen LogP contribution in [0.3, 0.4) is 0 Å². The highest BCUT2D eigenvalue weighted by Gasteiger charge is 2.21. The van der Waals surface area contributed by atoms with E-state index in [1.54, 1.807) is 56.7 Å². The van der Waals surface area contributed by atoms with Gasteiger partial charge in [0.2, 0.25) is 0 Å². The topological polar surface area (TPSA) is 123 Å². The van der Waals surface area contributed by atoms with Crippen molar-refractivity contribution in [3.63, 3.8) is 0 Å². The number of nitrogens with zero attached hydrogens (tertiary/aromatic N) is 2. The SMILES string of the molecule is COc1cc(Nc2nc3ccccc3nc2CS(=O)(=O)c2cccc(NO)c2)cc(OC)c1. The van der Waals surface area contributed by atoms with Gasteiger partial charge in [-0.15, -0.1) is 0 Å². The maximum atomic E-state index is 13.2. The summed E-state index contributed by atoms with van der Waals surface area (Å²) in [6.45, 7) is 0. The van der Waals surface area contributed by atoms with Gasteiger partial charge in [-0.3, -0.25) is 10.7 Å². The van der Waals surface area contributed by atoms with E-state index in [4.69, 9.17) is 14.7 Å². The molecule has 0 amide bonds. The van der Waals surface area contributed by atoms with E-state index in [1.807, 2.05) is 17.6 Å². The van der Waals surface area contributed by atoms with Crippen LogP contribution in [0, 0.1) is 0 Å². The second-order valence-corrected chi connectivity index (χ2v) is 9.12. The highest BCUT2D eigenvalue weighted by molar-refractivity contribution is 7.90. The lowest BCUT2D eigenvalue weighted by Gasteiger charge is -2.14.